The fourth-order valence-corrected chi connectivity index (χ4v) is 1.09. The van der Waals surface area contributed by atoms with Gasteiger partial charge in [-0.3, -0.25) is 0 Å². The average Bonchev–Trinajstić information content (AvgIpc) is 2.09. The standard InChI is InChI=1S/C9H8OS/c10-6-9(7-11)8-4-2-1-3-5-8/h1-7,9H. The number of thiocarbonyl (C=S) groups is 1. The van der Waals surface area contributed by atoms with Crippen molar-refractivity contribution in [2.75, 3.05) is 0 Å². The summed E-state index contributed by atoms with van der Waals surface area (Å²) in [4.78, 5) is 10.4. The lowest BCUT2D eigenvalue weighted by Crippen LogP contribution is -1.98. The highest BCUT2D eigenvalue weighted by atomic mass is 32.1. The van der Waals surface area contributed by atoms with Crippen LogP contribution in [-0.2, 0) is 4.79 Å². The van der Waals surface area contributed by atoms with Crippen molar-refractivity contribution in [3.8, 4) is 0 Å². The van der Waals surface area contributed by atoms with Gasteiger partial charge >= 0.3 is 0 Å². The zero-order valence-corrected chi connectivity index (χ0v) is 6.75. The second-order valence-electron chi connectivity index (χ2n) is 2.21. The van der Waals surface area contributed by atoms with Gasteiger partial charge in [0.25, 0.3) is 0 Å². The van der Waals surface area contributed by atoms with Crippen LogP contribution in [0.25, 0.3) is 0 Å². The first-order valence-corrected chi connectivity index (χ1v) is 3.81. The van der Waals surface area contributed by atoms with E-state index in [0.29, 0.717) is 0 Å². The molecule has 0 N–H and O–H groups in total. The number of rotatable bonds is 3. The number of benzene rings is 1. The molecule has 1 nitrogen and oxygen atoms in total. The highest BCUT2D eigenvalue weighted by Crippen LogP contribution is 2.09. The van der Waals surface area contributed by atoms with Gasteiger partial charge < -0.3 is 4.79 Å². The Labute approximate surface area is 71.0 Å². The predicted molar refractivity (Wildman–Crippen MR) is 48.9 cm³/mol. The third kappa shape index (κ3) is 1.95. The van der Waals surface area contributed by atoms with Crippen LogP contribution in [0.2, 0.25) is 0 Å². The second kappa shape index (κ2) is 3.98. The van der Waals surface area contributed by atoms with Crippen molar-refractivity contribution in [2.24, 2.45) is 0 Å². The number of carbonyl (C=O) groups is 1. The number of carbonyl (C=O) groups excluding carboxylic acids is 1. The Balaban J connectivity index is 2.90. The molecule has 1 aromatic carbocycles. The Morgan fingerprint density at radius 3 is 2.36 bits per heavy atom. The van der Waals surface area contributed by atoms with Crippen LogP contribution < -0.4 is 0 Å². The summed E-state index contributed by atoms with van der Waals surface area (Å²) in [6.07, 6.45) is 0.850. The van der Waals surface area contributed by atoms with Gasteiger partial charge in [-0.15, -0.1) is 0 Å². The third-order valence-electron chi connectivity index (χ3n) is 1.48. The van der Waals surface area contributed by atoms with E-state index in [2.05, 4.69) is 0 Å². The summed E-state index contributed by atoms with van der Waals surface area (Å²) in [5.41, 5.74) is 0.956. The molecular formula is C9H8OS. The summed E-state index contributed by atoms with van der Waals surface area (Å²) < 4.78 is 0. The topological polar surface area (TPSA) is 17.1 Å². The molecule has 0 aromatic heterocycles. The van der Waals surface area contributed by atoms with Gasteiger partial charge in [0.1, 0.15) is 6.29 Å². The molecule has 0 saturated heterocycles. The van der Waals surface area contributed by atoms with Gasteiger partial charge in [0.15, 0.2) is 0 Å². The lowest BCUT2D eigenvalue weighted by molar-refractivity contribution is -0.107. The molecular weight excluding hydrogens is 156 g/mol. The first-order valence-electron chi connectivity index (χ1n) is 3.34. The molecule has 0 bridgehead atoms. The zero-order valence-electron chi connectivity index (χ0n) is 5.94. The fourth-order valence-electron chi connectivity index (χ4n) is 0.864. The van der Waals surface area contributed by atoms with E-state index in [0.717, 1.165) is 11.8 Å². The molecule has 0 saturated carbocycles. The monoisotopic (exact) mass is 164 g/mol. The number of hydrogen-bond donors (Lipinski definition) is 0. The minimum absolute atomic E-state index is 0.230. The minimum atomic E-state index is -0.230. The molecule has 56 valence electrons. The molecule has 2 heteroatoms. The lowest BCUT2D eigenvalue weighted by Gasteiger charge is -2.01. The van der Waals surface area contributed by atoms with Crippen molar-refractivity contribution in [3.63, 3.8) is 0 Å². The van der Waals surface area contributed by atoms with Crippen LogP contribution in [0.5, 0.6) is 0 Å². The highest BCUT2D eigenvalue weighted by Gasteiger charge is 2.03. The molecule has 0 aliphatic rings. The minimum Gasteiger partial charge on any atom is -0.302 e. The van der Waals surface area contributed by atoms with Crippen molar-refractivity contribution in [2.45, 2.75) is 5.92 Å². The van der Waals surface area contributed by atoms with Crippen molar-refractivity contribution in [1.82, 2.24) is 0 Å². The smallest absolute Gasteiger partial charge is 0.132 e. The average molecular weight is 164 g/mol. The summed E-state index contributed by atoms with van der Waals surface area (Å²) in [6.45, 7) is 0. The van der Waals surface area contributed by atoms with Crippen molar-refractivity contribution in [3.05, 3.63) is 35.9 Å². The summed E-state index contributed by atoms with van der Waals surface area (Å²) >= 11 is 4.70. The van der Waals surface area contributed by atoms with Gasteiger partial charge in [0, 0.05) is 0 Å². The zero-order chi connectivity index (χ0) is 8.10. The Bertz CT molecular complexity index is 235. The lowest BCUT2D eigenvalue weighted by atomic mass is 10.0. The van der Waals surface area contributed by atoms with E-state index in [9.17, 15) is 4.79 Å². The maximum Gasteiger partial charge on any atom is 0.132 e. The molecule has 0 spiro atoms. The number of aldehydes is 1. The third-order valence-corrected chi connectivity index (χ3v) is 1.77. The van der Waals surface area contributed by atoms with Gasteiger partial charge in [-0.1, -0.05) is 42.5 Å². The van der Waals surface area contributed by atoms with Crippen LogP contribution in [0.1, 0.15) is 11.5 Å². The molecule has 0 fully saturated rings. The largest absolute Gasteiger partial charge is 0.302 e. The van der Waals surface area contributed by atoms with Crippen molar-refractivity contribution < 1.29 is 4.79 Å². The van der Waals surface area contributed by atoms with E-state index in [1.165, 1.54) is 5.37 Å². The SMILES string of the molecule is O=CC(C=S)c1ccccc1. The molecule has 0 aliphatic heterocycles. The molecule has 0 aliphatic carbocycles. The maximum absolute atomic E-state index is 10.4. The molecule has 0 amide bonds. The van der Waals surface area contributed by atoms with Crippen LogP contribution in [0.4, 0.5) is 0 Å². The van der Waals surface area contributed by atoms with E-state index in [1.807, 2.05) is 30.3 Å². The normalized spacial score (nSPS) is 12.0. The van der Waals surface area contributed by atoms with E-state index in [-0.39, 0.29) is 5.92 Å². The van der Waals surface area contributed by atoms with Crippen LogP contribution >= 0.6 is 12.2 Å². The van der Waals surface area contributed by atoms with Gasteiger partial charge in [0.05, 0.1) is 5.92 Å². The molecule has 0 heterocycles. The quantitative estimate of drug-likeness (QED) is 0.502. The molecule has 1 rings (SSSR count). The summed E-state index contributed by atoms with van der Waals surface area (Å²) in [7, 11) is 0. The molecule has 11 heavy (non-hydrogen) atoms. The van der Waals surface area contributed by atoms with Crippen molar-refractivity contribution >= 4 is 23.9 Å². The van der Waals surface area contributed by atoms with E-state index in [1.54, 1.807) is 0 Å². The van der Waals surface area contributed by atoms with Crippen LogP contribution in [0.3, 0.4) is 0 Å². The maximum atomic E-state index is 10.4. The van der Waals surface area contributed by atoms with E-state index >= 15 is 0 Å². The van der Waals surface area contributed by atoms with Crippen molar-refractivity contribution in [1.29, 1.82) is 0 Å². The Morgan fingerprint density at radius 1 is 1.27 bits per heavy atom. The van der Waals surface area contributed by atoms with Crippen LogP contribution in [0, 0.1) is 0 Å². The fraction of sp³-hybridized carbons (Fsp3) is 0.111. The first-order chi connectivity index (χ1) is 5.38. The van der Waals surface area contributed by atoms with Gasteiger partial charge in [-0.2, -0.15) is 0 Å². The first kappa shape index (κ1) is 8.08. The van der Waals surface area contributed by atoms with E-state index < -0.39 is 0 Å². The van der Waals surface area contributed by atoms with Gasteiger partial charge in [0.2, 0.25) is 0 Å². The summed E-state index contributed by atoms with van der Waals surface area (Å²) in [5.74, 6) is -0.230. The molecule has 1 aromatic rings. The van der Waals surface area contributed by atoms with Crippen LogP contribution in [0.15, 0.2) is 30.3 Å². The Kier molecular flexibility index (Phi) is 2.93. The molecule has 1 unspecified atom stereocenters. The second-order valence-corrected chi connectivity index (χ2v) is 2.48. The Morgan fingerprint density at radius 2 is 1.91 bits per heavy atom. The van der Waals surface area contributed by atoms with Gasteiger partial charge in [-0.05, 0) is 10.9 Å². The summed E-state index contributed by atoms with van der Waals surface area (Å²) in [5, 5.41) is 1.47. The Hall–Kier alpha value is -1.02. The van der Waals surface area contributed by atoms with E-state index in [4.69, 9.17) is 12.2 Å². The molecule has 1 atom stereocenters. The number of hydrogen-bond acceptors (Lipinski definition) is 2. The molecule has 0 radical (unpaired) electrons. The van der Waals surface area contributed by atoms with Gasteiger partial charge in [-0.25, -0.2) is 0 Å². The van der Waals surface area contributed by atoms with Crippen LogP contribution in [-0.4, -0.2) is 11.7 Å². The predicted octanol–water partition coefficient (Wildman–Crippen LogP) is 1.97. The highest BCUT2D eigenvalue weighted by molar-refractivity contribution is 7.79. The summed E-state index contributed by atoms with van der Waals surface area (Å²) in [6, 6.07) is 9.48.